The van der Waals surface area contributed by atoms with Gasteiger partial charge >= 0.3 is 11.8 Å². The molecule has 1 saturated heterocycles. The lowest BCUT2D eigenvalue weighted by molar-refractivity contribution is -0.144. The van der Waals surface area contributed by atoms with Crippen LogP contribution in [0.5, 0.6) is 0 Å². The molecule has 19 heavy (non-hydrogen) atoms. The summed E-state index contributed by atoms with van der Waals surface area (Å²) in [7, 11) is 1.97. The molecule has 0 spiro atoms. The van der Waals surface area contributed by atoms with Gasteiger partial charge in [-0.15, -0.1) is 0 Å². The average molecular weight is 265 g/mol. The van der Waals surface area contributed by atoms with Crippen LogP contribution in [0.25, 0.3) is 0 Å². The predicted molar refractivity (Wildman–Crippen MR) is 69.1 cm³/mol. The van der Waals surface area contributed by atoms with Crippen LogP contribution in [0.1, 0.15) is 0 Å². The zero-order valence-corrected chi connectivity index (χ0v) is 10.7. The fraction of sp³-hybridized carbons (Fsp3) is 0.385. The third-order valence-corrected chi connectivity index (χ3v) is 3.07. The molecular formula is C13H16FN3O2. The van der Waals surface area contributed by atoms with Gasteiger partial charge in [-0.25, -0.2) is 4.39 Å². The number of hydrogen-bond acceptors (Lipinski definition) is 3. The van der Waals surface area contributed by atoms with E-state index < -0.39 is 17.6 Å². The molecule has 5 nitrogen and oxygen atoms in total. The van der Waals surface area contributed by atoms with Crippen LogP contribution in [0.3, 0.4) is 0 Å². The minimum atomic E-state index is -0.727. The monoisotopic (exact) mass is 265 g/mol. The number of benzene rings is 1. The second-order valence-corrected chi connectivity index (χ2v) is 4.56. The Morgan fingerprint density at radius 2 is 1.89 bits per heavy atom. The highest BCUT2D eigenvalue weighted by Crippen LogP contribution is 2.09. The summed E-state index contributed by atoms with van der Waals surface area (Å²) in [6.45, 7) is 2.57. The molecule has 1 heterocycles. The van der Waals surface area contributed by atoms with E-state index in [1.165, 1.54) is 29.2 Å². The number of carbonyl (C=O) groups excluding carboxylic acids is 2. The van der Waals surface area contributed by atoms with E-state index in [9.17, 15) is 14.0 Å². The number of likely N-dealkylation sites (N-methyl/N-ethyl adjacent to an activating group) is 1. The summed E-state index contributed by atoms with van der Waals surface area (Å²) in [4.78, 5) is 27.3. The van der Waals surface area contributed by atoms with E-state index in [2.05, 4.69) is 10.2 Å². The first kappa shape index (κ1) is 13.5. The average Bonchev–Trinajstić information content (AvgIpc) is 2.39. The maximum absolute atomic E-state index is 13.0. The normalized spacial score (nSPS) is 16.2. The first-order valence-corrected chi connectivity index (χ1v) is 6.10. The molecule has 2 amide bonds. The molecule has 1 aromatic rings. The summed E-state index contributed by atoms with van der Waals surface area (Å²) < 4.78 is 13.0. The van der Waals surface area contributed by atoms with E-state index in [4.69, 9.17) is 0 Å². The van der Waals surface area contributed by atoms with Crippen molar-refractivity contribution in [3.8, 4) is 0 Å². The third kappa shape index (κ3) is 3.51. The lowest BCUT2D eigenvalue weighted by Gasteiger charge is -2.31. The van der Waals surface area contributed by atoms with E-state index in [-0.39, 0.29) is 5.69 Å². The van der Waals surface area contributed by atoms with Gasteiger partial charge in [-0.2, -0.15) is 0 Å². The highest BCUT2D eigenvalue weighted by atomic mass is 19.1. The molecule has 1 aromatic carbocycles. The van der Waals surface area contributed by atoms with Gasteiger partial charge in [0, 0.05) is 31.9 Å². The van der Waals surface area contributed by atoms with Crippen LogP contribution in [0, 0.1) is 5.82 Å². The minimum absolute atomic E-state index is 0.285. The second-order valence-electron chi connectivity index (χ2n) is 4.56. The quantitative estimate of drug-likeness (QED) is 0.754. The van der Waals surface area contributed by atoms with Gasteiger partial charge in [-0.3, -0.25) is 9.59 Å². The van der Waals surface area contributed by atoms with Crippen molar-refractivity contribution >= 4 is 17.5 Å². The number of anilines is 1. The number of amides is 2. The van der Waals surface area contributed by atoms with E-state index >= 15 is 0 Å². The maximum atomic E-state index is 13.0. The lowest BCUT2D eigenvalue weighted by atomic mass is 10.3. The highest BCUT2D eigenvalue weighted by molar-refractivity contribution is 6.39. The molecule has 1 N–H and O–H groups in total. The molecule has 0 radical (unpaired) electrons. The first-order chi connectivity index (χ1) is 9.06. The number of hydrogen-bond donors (Lipinski definition) is 1. The molecule has 0 unspecified atom stereocenters. The number of nitrogens with one attached hydrogen (secondary N) is 1. The fourth-order valence-electron chi connectivity index (χ4n) is 1.90. The van der Waals surface area contributed by atoms with Crippen LogP contribution in [0.4, 0.5) is 10.1 Å². The lowest BCUT2D eigenvalue weighted by Crippen LogP contribution is -2.50. The number of nitrogens with zero attached hydrogens (tertiary/aromatic N) is 2. The number of halogens is 1. The van der Waals surface area contributed by atoms with Crippen molar-refractivity contribution < 1.29 is 14.0 Å². The van der Waals surface area contributed by atoms with Gasteiger partial charge in [-0.05, 0) is 25.2 Å². The molecule has 1 aliphatic rings. The SMILES string of the molecule is CN1CCN(C(=O)C(=O)Nc2cccc(F)c2)CC1. The van der Waals surface area contributed by atoms with Gasteiger partial charge in [0.2, 0.25) is 0 Å². The van der Waals surface area contributed by atoms with Crippen LogP contribution in [-0.4, -0.2) is 54.8 Å². The maximum Gasteiger partial charge on any atom is 0.313 e. The number of carbonyl (C=O) groups is 2. The summed E-state index contributed by atoms with van der Waals surface area (Å²) in [5.74, 6) is -1.75. The predicted octanol–water partition coefficient (Wildman–Crippen LogP) is 0.538. The Bertz CT molecular complexity index is 485. The van der Waals surface area contributed by atoms with E-state index in [0.717, 1.165) is 13.1 Å². The first-order valence-electron chi connectivity index (χ1n) is 6.10. The standard InChI is InChI=1S/C13H16FN3O2/c1-16-5-7-17(8-6-16)13(19)12(18)15-11-4-2-3-10(14)9-11/h2-4,9H,5-8H2,1H3,(H,15,18). The largest absolute Gasteiger partial charge is 0.332 e. The molecule has 1 fully saturated rings. The molecule has 102 valence electrons. The molecular weight excluding hydrogens is 249 g/mol. The van der Waals surface area contributed by atoms with Crippen molar-refractivity contribution in [3.63, 3.8) is 0 Å². The van der Waals surface area contributed by atoms with Crippen molar-refractivity contribution in [1.29, 1.82) is 0 Å². The van der Waals surface area contributed by atoms with Crippen molar-refractivity contribution in [1.82, 2.24) is 9.80 Å². The molecule has 0 atom stereocenters. The van der Waals surface area contributed by atoms with E-state index in [1.807, 2.05) is 7.05 Å². The van der Waals surface area contributed by atoms with Gasteiger partial charge in [-0.1, -0.05) is 6.07 Å². The zero-order valence-electron chi connectivity index (χ0n) is 10.7. The molecule has 6 heteroatoms. The Morgan fingerprint density at radius 3 is 2.53 bits per heavy atom. The Morgan fingerprint density at radius 1 is 1.21 bits per heavy atom. The highest BCUT2D eigenvalue weighted by Gasteiger charge is 2.24. The summed E-state index contributed by atoms with van der Waals surface area (Å²) in [6, 6.07) is 5.47. The molecule has 0 aliphatic carbocycles. The second kappa shape index (κ2) is 5.79. The van der Waals surface area contributed by atoms with Crippen LogP contribution in [-0.2, 0) is 9.59 Å². The van der Waals surface area contributed by atoms with Gasteiger partial charge in [0.1, 0.15) is 5.82 Å². The van der Waals surface area contributed by atoms with Crippen molar-refractivity contribution in [2.45, 2.75) is 0 Å². The summed E-state index contributed by atoms with van der Waals surface area (Å²) in [6.07, 6.45) is 0. The van der Waals surface area contributed by atoms with Gasteiger partial charge in [0.15, 0.2) is 0 Å². The van der Waals surface area contributed by atoms with E-state index in [0.29, 0.717) is 13.1 Å². The van der Waals surface area contributed by atoms with Gasteiger partial charge in [0.05, 0.1) is 0 Å². The molecule has 2 rings (SSSR count). The van der Waals surface area contributed by atoms with Crippen molar-refractivity contribution in [3.05, 3.63) is 30.1 Å². The Balaban J connectivity index is 1.94. The van der Waals surface area contributed by atoms with Crippen LogP contribution in [0.2, 0.25) is 0 Å². The number of piperazine rings is 1. The smallest absolute Gasteiger partial charge is 0.313 e. The Kier molecular flexibility index (Phi) is 4.11. The Labute approximate surface area is 111 Å². The number of rotatable bonds is 1. The van der Waals surface area contributed by atoms with Gasteiger partial charge in [0.25, 0.3) is 0 Å². The van der Waals surface area contributed by atoms with Gasteiger partial charge < -0.3 is 15.1 Å². The molecule has 0 bridgehead atoms. The topological polar surface area (TPSA) is 52.7 Å². The van der Waals surface area contributed by atoms with Crippen LogP contribution >= 0.6 is 0 Å². The van der Waals surface area contributed by atoms with E-state index in [1.54, 1.807) is 0 Å². The van der Waals surface area contributed by atoms with Crippen molar-refractivity contribution in [2.75, 3.05) is 38.5 Å². The van der Waals surface area contributed by atoms with Crippen LogP contribution < -0.4 is 5.32 Å². The van der Waals surface area contributed by atoms with Crippen LogP contribution in [0.15, 0.2) is 24.3 Å². The summed E-state index contributed by atoms with van der Waals surface area (Å²) in [5.41, 5.74) is 0.285. The molecule has 0 saturated carbocycles. The fourth-order valence-corrected chi connectivity index (χ4v) is 1.90. The Hall–Kier alpha value is -1.95. The summed E-state index contributed by atoms with van der Waals surface area (Å²) >= 11 is 0. The summed E-state index contributed by atoms with van der Waals surface area (Å²) in [5, 5.41) is 2.41. The van der Waals surface area contributed by atoms with Crippen molar-refractivity contribution in [2.24, 2.45) is 0 Å². The minimum Gasteiger partial charge on any atom is -0.332 e. The molecule has 1 aliphatic heterocycles. The zero-order chi connectivity index (χ0) is 13.8. The third-order valence-electron chi connectivity index (χ3n) is 3.07. The molecule has 0 aromatic heterocycles.